The van der Waals surface area contributed by atoms with E-state index in [1.807, 2.05) is 0 Å². The normalized spacial score (nSPS) is 12.9. The molecule has 0 aliphatic rings. The monoisotopic (exact) mass is 1400 g/mol. The number of phosphoric acid groups is 1. The maximum Gasteiger partial charge on any atom is 0.472 e. The lowest BCUT2D eigenvalue weighted by molar-refractivity contribution is -0.161. The van der Waals surface area contributed by atoms with Gasteiger partial charge in [0.2, 0.25) is 0 Å². The van der Waals surface area contributed by atoms with Gasteiger partial charge in [-0.25, -0.2) is 4.57 Å². The predicted octanol–water partition coefficient (Wildman–Crippen LogP) is 29.7. The van der Waals surface area contributed by atoms with Crippen LogP contribution in [0.4, 0.5) is 0 Å². The van der Waals surface area contributed by atoms with Gasteiger partial charge in [0.05, 0.1) is 13.2 Å². The Kier molecular flexibility index (Phi) is 82.6. The molecule has 580 valence electrons. The first-order valence-corrected chi connectivity index (χ1v) is 45.5. The number of unbranched alkanes of at least 4 members (excludes halogenated alkanes) is 66. The van der Waals surface area contributed by atoms with Crippen molar-refractivity contribution < 1.29 is 37.6 Å². The molecule has 0 aromatic rings. The van der Waals surface area contributed by atoms with E-state index in [0.29, 0.717) is 6.42 Å². The highest BCUT2D eigenvalue weighted by molar-refractivity contribution is 7.47. The zero-order valence-corrected chi connectivity index (χ0v) is 66.7. The Hall–Kier alpha value is -1.77. The second-order valence-electron chi connectivity index (χ2n) is 30.1. The fraction of sp³-hybridized carbons (Fsp3) is 0.909. The van der Waals surface area contributed by atoms with Gasteiger partial charge in [0.15, 0.2) is 6.10 Å². The molecule has 3 N–H and O–H groups in total. The molecule has 0 aromatic heterocycles. The van der Waals surface area contributed by atoms with Gasteiger partial charge in [-0.2, -0.15) is 0 Å². The van der Waals surface area contributed by atoms with Crippen LogP contribution in [0, 0.1) is 0 Å². The molecule has 9 nitrogen and oxygen atoms in total. The molecule has 10 heteroatoms. The number of esters is 2. The van der Waals surface area contributed by atoms with Crippen LogP contribution in [0.15, 0.2) is 36.5 Å². The van der Waals surface area contributed by atoms with Gasteiger partial charge < -0.3 is 20.1 Å². The molecule has 2 unspecified atom stereocenters. The van der Waals surface area contributed by atoms with Crippen molar-refractivity contribution in [3.8, 4) is 0 Å². The molecule has 0 saturated carbocycles. The van der Waals surface area contributed by atoms with Crippen LogP contribution in [0.25, 0.3) is 0 Å². The molecule has 0 amide bonds. The molecular formula is C88H170NO8P. The third kappa shape index (κ3) is 83.2. The summed E-state index contributed by atoms with van der Waals surface area (Å²) in [6, 6.07) is 0. The molecule has 0 radical (unpaired) electrons. The van der Waals surface area contributed by atoms with E-state index in [4.69, 9.17) is 24.3 Å². The topological polar surface area (TPSA) is 134 Å². The standard InChI is InChI=1S/C88H170NO8P/c1-3-5-7-9-11-13-15-17-19-21-23-25-27-29-31-33-35-37-39-41-43-45-47-49-51-53-55-57-59-61-63-65-67-69-71-73-75-77-79-81-88(91)97-86(85-96-98(92,93)95-83-82-89)84-94-87(90)80-78-76-74-72-70-68-66-64-62-60-58-56-54-52-50-48-46-44-42-40-38-36-34-32-30-28-26-24-22-20-18-16-14-12-10-8-6-4-2/h15,17,21,23,27,29,86H,3-14,16,18-20,22,24-26,28,30-85,89H2,1-2H3,(H,92,93)/b17-15-,23-21-,29-27-. The highest BCUT2D eigenvalue weighted by Crippen LogP contribution is 2.43. The van der Waals surface area contributed by atoms with Gasteiger partial charge in [0.1, 0.15) is 6.61 Å². The summed E-state index contributed by atoms with van der Waals surface area (Å²) in [6.07, 6.45) is 109. The van der Waals surface area contributed by atoms with E-state index in [1.54, 1.807) is 0 Å². The van der Waals surface area contributed by atoms with E-state index in [0.717, 1.165) is 44.9 Å². The summed E-state index contributed by atoms with van der Waals surface area (Å²) >= 11 is 0. The van der Waals surface area contributed by atoms with Crippen molar-refractivity contribution in [2.24, 2.45) is 5.73 Å². The largest absolute Gasteiger partial charge is 0.472 e. The van der Waals surface area contributed by atoms with Crippen molar-refractivity contribution in [3.63, 3.8) is 0 Å². The van der Waals surface area contributed by atoms with E-state index < -0.39 is 26.5 Å². The van der Waals surface area contributed by atoms with E-state index in [9.17, 15) is 19.0 Å². The number of allylic oxidation sites excluding steroid dienone is 6. The first kappa shape index (κ1) is 96.2. The van der Waals surface area contributed by atoms with Crippen LogP contribution >= 0.6 is 7.82 Å². The Labute approximate surface area is 611 Å². The van der Waals surface area contributed by atoms with Crippen LogP contribution in [-0.4, -0.2) is 49.3 Å². The van der Waals surface area contributed by atoms with Crippen molar-refractivity contribution in [1.82, 2.24) is 0 Å². The molecule has 0 saturated heterocycles. The molecule has 0 heterocycles. The van der Waals surface area contributed by atoms with Gasteiger partial charge in [-0.1, -0.05) is 455 Å². The lowest BCUT2D eigenvalue weighted by atomic mass is 10.0. The number of hydrogen-bond acceptors (Lipinski definition) is 8. The van der Waals surface area contributed by atoms with Crippen LogP contribution in [-0.2, 0) is 32.7 Å². The summed E-state index contributed by atoms with van der Waals surface area (Å²) in [6.45, 7) is 3.83. The van der Waals surface area contributed by atoms with E-state index in [1.165, 1.54) is 405 Å². The van der Waals surface area contributed by atoms with E-state index in [-0.39, 0.29) is 38.6 Å². The Morgan fingerprint density at radius 3 is 0.786 bits per heavy atom. The number of nitrogens with two attached hydrogens (primary N) is 1. The quantitative estimate of drug-likeness (QED) is 0.0264. The Balaban J connectivity index is 3.70. The van der Waals surface area contributed by atoms with E-state index in [2.05, 4.69) is 50.3 Å². The molecule has 98 heavy (non-hydrogen) atoms. The lowest BCUT2D eigenvalue weighted by Gasteiger charge is -2.19. The SMILES string of the molecule is CCCCCCC/C=C\C/C=C\C/C=C\CCCCCCCCCCCCCCCCCCCCCCCCCCC(=O)OC(COC(=O)CCCCCCCCCCCCCCCCCCCCCCCCCCCCCCCCCCCCCCCC)COP(=O)(O)OCCN. The molecule has 2 atom stereocenters. The lowest BCUT2D eigenvalue weighted by Crippen LogP contribution is -2.29. The van der Waals surface area contributed by atoms with Gasteiger partial charge >= 0.3 is 19.8 Å². The molecule has 0 aromatic carbocycles. The summed E-state index contributed by atoms with van der Waals surface area (Å²) in [5.41, 5.74) is 5.42. The van der Waals surface area contributed by atoms with Gasteiger partial charge in [-0.05, 0) is 51.4 Å². The number of rotatable bonds is 85. The Morgan fingerprint density at radius 1 is 0.306 bits per heavy atom. The molecule has 0 spiro atoms. The highest BCUT2D eigenvalue weighted by atomic mass is 31.2. The minimum Gasteiger partial charge on any atom is -0.462 e. The summed E-state index contributed by atoms with van der Waals surface area (Å²) in [5, 5.41) is 0. The smallest absolute Gasteiger partial charge is 0.462 e. The molecular weight excluding hydrogens is 1230 g/mol. The number of phosphoric ester groups is 1. The maximum atomic E-state index is 12.8. The predicted molar refractivity (Wildman–Crippen MR) is 427 cm³/mol. The van der Waals surface area contributed by atoms with Crippen LogP contribution < -0.4 is 5.73 Å². The third-order valence-corrected chi connectivity index (χ3v) is 21.3. The minimum atomic E-state index is -4.40. The van der Waals surface area contributed by atoms with Gasteiger partial charge in [0, 0.05) is 19.4 Å². The minimum absolute atomic E-state index is 0.0571. The van der Waals surface area contributed by atoms with Crippen LogP contribution in [0.2, 0.25) is 0 Å². The Bertz CT molecular complexity index is 1700. The van der Waals surface area contributed by atoms with E-state index >= 15 is 0 Å². The second-order valence-corrected chi connectivity index (χ2v) is 31.6. The second kappa shape index (κ2) is 84.2. The average molecular weight is 1400 g/mol. The number of ether oxygens (including phenoxy) is 2. The molecule has 0 fully saturated rings. The van der Waals surface area contributed by atoms with Crippen molar-refractivity contribution in [2.45, 2.75) is 489 Å². The zero-order valence-electron chi connectivity index (χ0n) is 65.8. The van der Waals surface area contributed by atoms with Gasteiger partial charge in [-0.15, -0.1) is 0 Å². The average Bonchev–Trinajstić information content (AvgIpc) is 1.28. The third-order valence-electron chi connectivity index (χ3n) is 20.3. The fourth-order valence-electron chi connectivity index (χ4n) is 13.8. The fourth-order valence-corrected chi connectivity index (χ4v) is 14.5. The summed E-state index contributed by atoms with van der Waals surface area (Å²) in [5.74, 6) is -0.797. The first-order valence-electron chi connectivity index (χ1n) is 44.0. The molecule has 0 aliphatic heterocycles. The van der Waals surface area contributed by atoms with Crippen molar-refractivity contribution in [1.29, 1.82) is 0 Å². The van der Waals surface area contributed by atoms with Crippen molar-refractivity contribution in [2.75, 3.05) is 26.4 Å². The first-order chi connectivity index (χ1) is 48.3. The van der Waals surface area contributed by atoms with Crippen LogP contribution in [0.5, 0.6) is 0 Å². The van der Waals surface area contributed by atoms with Crippen molar-refractivity contribution >= 4 is 19.8 Å². The molecule has 0 rings (SSSR count). The van der Waals surface area contributed by atoms with Crippen LogP contribution in [0.3, 0.4) is 0 Å². The zero-order chi connectivity index (χ0) is 70.8. The summed E-state index contributed by atoms with van der Waals surface area (Å²) in [4.78, 5) is 35.5. The number of hydrogen-bond donors (Lipinski definition) is 2. The number of carbonyl (C=O) groups excluding carboxylic acids is 2. The van der Waals surface area contributed by atoms with Crippen molar-refractivity contribution in [3.05, 3.63) is 36.5 Å². The maximum absolute atomic E-state index is 12.8. The summed E-state index contributed by atoms with van der Waals surface area (Å²) in [7, 11) is -4.40. The van der Waals surface area contributed by atoms with Gasteiger partial charge in [-0.3, -0.25) is 18.6 Å². The number of carbonyl (C=O) groups is 2. The molecule has 0 bridgehead atoms. The van der Waals surface area contributed by atoms with Gasteiger partial charge in [0.25, 0.3) is 0 Å². The van der Waals surface area contributed by atoms with Crippen LogP contribution in [0.1, 0.15) is 483 Å². The summed E-state index contributed by atoms with van der Waals surface area (Å²) < 4.78 is 33.3. The highest BCUT2D eigenvalue weighted by Gasteiger charge is 2.26. The Morgan fingerprint density at radius 2 is 0.531 bits per heavy atom. The molecule has 0 aliphatic carbocycles.